The number of hydrogen-bond donors (Lipinski definition) is 2. The fraction of sp³-hybridized carbons (Fsp3) is 0.214. The topological polar surface area (TPSA) is 100 Å². The van der Waals surface area contributed by atoms with Crippen LogP contribution in [0.3, 0.4) is 0 Å². The monoisotopic (exact) mass is 286 g/mol. The van der Waals surface area contributed by atoms with E-state index in [9.17, 15) is 9.59 Å². The first kappa shape index (κ1) is 14.6. The number of aliphatic hydroxyl groups is 1. The van der Waals surface area contributed by atoms with Crippen LogP contribution >= 0.6 is 0 Å². The van der Waals surface area contributed by atoms with E-state index in [1.807, 2.05) is 6.07 Å². The molecule has 0 saturated heterocycles. The van der Waals surface area contributed by atoms with Crippen LogP contribution < -0.4 is 16.6 Å². The molecule has 0 amide bonds. The summed E-state index contributed by atoms with van der Waals surface area (Å²) in [6.07, 6.45) is 0. The second-order valence-electron chi connectivity index (χ2n) is 4.52. The largest absolute Gasteiger partial charge is 0.392 e. The molecule has 0 saturated carbocycles. The van der Waals surface area contributed by atoms with Gasteiger partial charge in [0.25, 0.3) is 5.56 Å². The zero-order chi connectivity index (χ0) is 15.6. The van der Waals surface area contributed by atoms with E-state index in [1.165, 1.54) is 18.7 Å². The number of benzene rings is 1. The van der Waals surface area contributed by atoms with Crippen molar-refractivity contribution in [2.75, 3.05) is 5.32 Å². The number of nitrogens with zero attached hydrogens (tertiary/aromatic N) is 3. The summed E-state index contributed by atoms with van der Waals surface area (Å²) >= 11 is 0. The summed E-state index contributed by atoms with van der Waals surface area (Å²) in [5.74, 6) is 0.126. The lowest BCUT2D eigenvalue weighted by Gasteiger charge is -2.14. The molecule has 108 valence electrons. The van der Waals surface area contributed by atoms with Gasteiger partial charge in [-0.25, -0.2) is 4.79 Å². The van der Waals surface area contributed by atoms with Gasteiger partial charge in [0.05, 0.1) is 6.61 Å². The fourth-order valence-corrected chi connectivity index (χ4v) is 1.98. The van der Waals surface area contributed by atoms with Crippen LogP contribution in [0.5, 0.6) is 0 Å². The number of nitriles is 1. The van der Waals surface area contributed by atoms with E-state index in [0.717, 1.165) is 4.57 Å². The number of aromatic nitrogens is 2. The number of anilines is 2. The van der Waals surface area contributed by atoms with E-state index in [1.54, 1.807) is 24.3 Å². The lowest BCUT2D eigenvalue weighted by molar-refractivity contribution is 0.282. The van der Waals surface area contributed by atoms with Crippen LogP contribution in [-0.2, 0) is 20.7 Å². The van der Waals surface area contributed by atoms with E-state index in [-0.39, 0.29) is 18.0 Å². The molecule has 21 heavy (non-hydrogen) atoms. The summed E-state index contributed by atoms with van der Waals surface area (Å²) in [5, 5.41) is 21.2. The van der Waals surface area contributed by atoms with E-state index in [4.69, 9.17) is 10.4 Å². The van der Waals surface area contributed by atoms with Gasteiger partial charge in [0.15, 0.2) is 5.56 Å². The Kier molecular flexibility index (Phi) is 3.91. The highest BCUT2D eigenvalue weighted by molar-refractivity contribution is 5.63. The normalized spacial score (nSPS) is 10.2. The molecular formula is C14H14N4O3. The Labute approximate surface area is 120 Å². The summed E-state index contributed by atoms with van der Waals surface area (Å²) < 4.78 is 2.08. The molecule has 0 aliphatic rings. The quantitative estimate of drug-likeness (QED) is 0.839. The van der Waals surface area contributed by atoms with Gasteiger partial charge in [-0.15, -0.1) is 0 Å². The van der Waals surface area contributed by atoms with Crippen LogP contribution in [0.15, 0.2) is 33.9 Å². The molecule has 1 aromatic carbocycles. The summed E-state index contributed by atoms with van der Waals surface area (Å²) in [7, 11) is 2.79. The van der Waals surface area contributed by atoms with Crippen molar-refractivity contribution in [1.29, 1.82) is 5.26 Å². The number of hydrogen-bond acceptors (Lipinski definition) is 5. The Balaban J connectivity index is 2.62. The van der Waals surface area contributed by atoms with Crippen molar-refractivity contribution in [3.8, 4) is 6.07 Å². The Morgan fingerprint density at radius 2 is 2.00 bits per heavy atom. The van der Waals surface area contributed by atoms with Crippen LogP contribution in [0.4, 0.5) is 11.5 Å². The molecule has 7 heteroatoms. The van der Waals surface area contributed by atoms with Gasteiger partial charge in [0.1, 0.15) is 11.9 Å². The highest BCUT2D eigenvalue weighted by Gasteiger charge is 2.15. The fourth-order valence-electron chi connectivity index (χ4n) is 1.98. The smallest absolute Gasteiger partial charge is 0.332 e. The van der Waals surface area contributed by atoms with Crippen molar-refractivity contribution < 1.29 is 5.11 Å². The summed E-state index contributed by atoms with van der Waals surface area (Å²) in [6, 6.07) is 8.65. The maximum atomic E-state index is 12.0. The predicted molar refractivity (Wildman–Crippen MR) is 77.3 cm³/mol. The molecule has 0 bridgehead atoms. The number of rotatable bonds is 3. The number of nitrogens with one attached hydrogen (secondary N) is 1. The Morgan fingerprint density at radius 3 is 2.62 bits per heavy atom. The van der Waals surface area contributed by atoms with Crippen LogP contribution in [0.1, 0.15) is 11.1 Å². The molecule has 0 aliphatic heterocycles. The van der Waals surface area contributed by atoms with Crippen molar-refractivity contribution in [2.24, 2.45) is 14.1 Å². The van der Waals surface area contributed by atoms with E-state index >= 15 is 0 Å². The third-order valence-electron chi connectivity index (χ3n) is 3.15. The average molecular weight is 286 g/mol. The second kappa shape index (κ2) is 5.64. The zero-order valence-corrected chi connectivity index (χ0v) is 11.6. The molecular weight excluding hydrogens is 272 g/mol. The molecule has 2 rings (SSSR count). The van der Waals surface area contributed by atoms with Gasteiger partial charge < -0.3 is 10.4 Å². The minimum absolute atomic E-state index is 0.126. The molecule has 2 aromatic rings. The summed E-state index contributed by atoms with van der Waals surface area (Å²) in [5.41, 5.74) is -0.0797. The van der Waals surface area contributed by atoms with Crippen molar-refractivity contribution in [3.63, 3.8) is 0 Å². The van der Waals surface area contributed by atoms with Crippen molar-refractivity contribution in [3.05, 3.63) is 56.2 Å². The SMILES string of the molecule is Cn1c(Nc2cccc(CO)c2)c(C#N)c(=O)n(C)c1=O. The Morgan fingerprint density at radius 1 is 1.29 bits per heavy atom. The van der Waals surface area contributed by atoms with Crippen LogP contribution in [0.2, 0.25) is 0 Å². The molecule has 0 unspecified atom stereocenters. The molecule has 1 heterocycles. The highest BCUT2D eigenvalue weighted by atomic mass is 16.3. The van der Waals surface area contributed by atoms with Gasteiger partial charge in [-0.3, -0.25) is 13.9 Å². The van der Waals surface area contributed by atoms with Crippen molar-refractivity contribution in [2.45, 2.75) is 6.61 Å². The van der Waals surface area contributed by atoms with E-state index in [2.05, 4.69) is 5.32 Å². The molecule has 1 aromatic heterocycles. The maximum absolute atomic E-state index is 12.0. The van der Waals surface area contributed by atoms with Gasteiger partial charge in [-0.05, 0) is 17.7 Å². The standard InChI is InChI=1S/C14H14N4O3/c1-17-12(11(7-15)13(20)18(2)14(17)21)16-10-5-3-4-9(6-10)8-19/h3-6,16,19H,8H2,1-2H3. The van der Waals surface area contributed by atoms with Gasteiger partial charge in [0.2, 0.25) is 0 Å². The first-order valence-electron chi connectivity index (χ1n) is 6.16. The predicted octanol–water partition coefficient (Wildman–Crippen LogP) is 0.192. The Hall–Kier alpha value is -2.85. The highest BCUT2D eigenvalue weighted by Crippen LogP contribution is 2.18. The van der Waals surface area contributed by atoms with Gasteiger partial charge in [-0.2, -0.15) is 5.26 Å². The van der Waals surface area contributed by atoms with Gasteiger partial charge >= 0.3 is 5.69 Å². The van der Waals surface area contributed by atoms with Gasteiger partial charge in [0, 0.05) is 19.8 Å². The maximum Gasteiger partial charge on any atom is 0.332 e. The molecule has 0 aliphatic carbocycles. The lowest BCUT2D eigenvalue weighted by atomic mass is 10.2. The number of aliphatic hydroxyl groups excluding tert-OH is 1. The van der Waals surface area contributed by atoms with E-state index < -0.39 is 11.2 Å². The molecule has 0 radical (unpaired) electrons. The third kappa shape index (κ3) is 2.57. The molecule has 0 spiro atoms. The minimum atomic E-state index is -0.651. The first-order valence-corrected chi connectivity index (χ1v) is 6.16. The minimum Gasteiger partial charge on any atom is -0.392 e. The Bertz CT molecular complexity index is 843. The molecule has 7 nitrogen and oxygen atoms in total. The zero-order valence-electron chi connectivity index (χ0n) is 11.6. The first-order chi connectivity index (χ1) is 9.99. The lowest BCUT2D eigenvalue weighted by Crippen LogP contribution is -2.39. The van der Waals surface area contributed by atoms with Crippen molar-refractivity contribution in [1.82, 2.24) is 9.13 Å². The van der Waals surface area contributed by atoms with Crippen LogP contribution in [0, 0.1) is 11.3 Å². The van der Waals surface area contributed by atoms with E-state index in [0.29, 0.717) is 11.3 Å². The van der Waals surface area contributed by atoms with Crippen LogP contribution in [0.25, 0.3) is 0 Å². The third-order valence-corrected chi connectivity index (χ3v) is 3.15. The molecule has 0 fully saturated rings. The summed E-state index contributed by atoms with van der Waals surface area (Å²) in [6.45, 7) is -0.129. The molecule has 0 atom stereocenters. The van der Waals surface area contributed by atoms with Gasteiger partial charge in [-0.1, -0.05) is 12.1 Å². The summed E-state index contributed by atoms with van der Waals surface area (Å²) in [4.78, 5) is 23.9. The van der Waals surface area contributed by atoms with Crippen molar-refractivity contribution >= 4 is 11.5 Å². The van der Waals surface area contributed by atoms with Crippen LogP contribution in [-0.4, -0.2) is 14.2 Å². The second-order valence-corrected chi connectivity index (χ2v) is 4.52. The molecule has 2 N–H and O–H groups in total. The average Bonchev–Trinajstić information content (AvgIpc) is 2.51.